The zero-order valence-corrected chi connectivity index (χ0v) is 12.5. The van der Waals surface area contributed by atoms with E-state index in [0.29, 0.717) is 11.5 Å². The van der Waals surface area contributed by atoms with Crippen LogP contribution in [-0.4, -0.2) is 49.8 Å². The van der Waals surface area contributed by atoms with Crippen molar-refractivity contribution in [1.29, 1.82) is 0 Å². The average Bonchev–Trinajstić information content (AvgIpc) is 2.26. The Morgan fingerprint density at radius 1 is 1.24 bits per heavy atom. The molecule has 1 N–H and O–H groups in total. The van der Waals surface area contributed by atoms with E-state index in [1.807, 2.05) is 0 Å². The second-order valence-electron chi connectivity index (χ2n) is 6.89. The molecule has 0 aliphatic carbocycles. The Balaban J connectivity index is 2.40. The fraction of sp³-hybridized carbons (Fsp3) is 1.00. The number of piperazine rings is 1. The number of rotatable bonds is 4. The molecule has 1 aliphatic rings. The predicted octanol–water partition coefficient (Wildman–Crippen LogP) is 2.12. The van der Waals surface area contributed by atoms with E-state index >= 15 is 0 Å². The van der Waals surface area contributed by atoms with Gasteiger partial charge in [-0.25, -0.2) is 0 Å². The third-order valence-corrected chi connectivity index (χ3v) is 3.89. The minimum atomic E-state index is 0.00209. The maximum absolute atomic E-state index is 5.48. The molecule has 1 heterocycles. The van der Waals surface area contributed by atoms with Gasteiger partial charge in [0.2, 0.25) is 0 Å². The van der Waals surface area contributed by atoms with Gasteiger partial charge in [0.15, 0.2) is 0 Å². The van der Waals surface area contributed by atoms with E-state index in [9.17, 15) is 0 Å². The lowest BCUT2D eigenvalue weighted by Crippen LogP contribution is -2.56. The fourth-order valence-corrected chi connectivity index (χ4v) is 2.12. The third kappa shape index (κ3) is 4.94. The van der Waals surface area contributed by atoms with Crippen molar-refractivity contribution in [2.45, 2.75) is 52.7 Å². The summed E-state index contributed by atoms with van der Waals surface area (Å²) < 4.78 is 5.48. The number of nitrogens with zero attached hydrogens (tertiary/aromatic N) is 1. The Kier molecular flexibility index (Phi) is 4.99. The van der Waals surface area contributed by atoms with Crippen molar-refractivity contribution in [3.05, 3.63) is 0 Å². The molecule has 1 fully saturated rings. The number of nitrogens with one attached hydrogen (secondary N) is 1. The van der Waals surface area contributed by atoms with Gasteiger partial charge in [-0.2, -0.15) is 0 Å². The Morgan fingerprint density at radius 2 is 1.88 bits per heavy atom. The average molecular weight is 242 g/mol. The maximum atomic E-state index is 5.48. The molecule has 0 bridgehead atoms. The van der Waals surface area contributed by atoms with Crippen LogP contribution in [0.3, 0.4) is 0 Å². The highest BCUT2D eigenvalue weighted by Crippen LogP contribution is 2.22. The second-order valence-corrected chi connectivity index (χ2v) is 6.89. The molecule has 102 valence electrons. The molecule has 0 saturated carbocycles. The normalized spacial score (nSPS) is 24.0. The Morgan fingerprint density at radius 3 is 2.41 bits per heavy atom. The van der Waals surface area contributed by atoms with Crippen molar-refractivity contribution in [1.82, 2.24) is 10.2 Å². The first-order chi connectivity index (χ1) is 7.74. The van der Waals surface area contributed by atoms with Crippen LogP contribution in [0.4, 0.5) is 0 Å². The van der Waals surface area contributed by atoms with E-state index in [2.05, 4.69) is 44.8 Å². The summed E-state index contributed by atoms with van der Waals surface area (Å²) in [6.07, 6.45) is 1.10. The summed E-state index contributed by atoms with van der Waals surface area (Å²) in [5.74, 6) is 0. The molecule has 1 saturated heterocycles. The maximum Gasteiger partial charge on any atom is 0.0634 e. The third-order valence-electron chi connectivity index (χ3n) is 3.89. The standard InChI is InChI=1S/C14H30N2O/c1-13(2,3)12-11-16(10-8-15-12)9-7-14(4,5)17-6/h12,15H,7-11H2,1-6H3. The summed E-state index contributed by atoms with van der Waals surface area (Å²) in [5, 5.41) is 3.63. The van der Waals surface area contributed by atoms with Crippen LogP contribution in [0, 0.1) is 5.41 Å². The van der Waals surface area contributed by atoms with E-state index in [1.54, 1.807) is 7.11 Å². The molecular formula is C14H30N2O. The zero-order chi connectivity index (χ0) is 13.1. The molecule has 1 unspecified atom stereocenters. The van der Waals surface area contributed by atoms with Gasteiger partial charge in [-0.15, -0.1) is 0 Å². The number of methoxy groups -OCH3 is 1. The Bertz CT molecular complexity index is 233. The van der Waals surface area contributed by atoms with Crippen LogP contribution in [0.2, 0.25) is 0 Å². The van der Waals surface area contributed by atoms with E-state index in [1.165, 1.54) is 0 Å². The summed E-state index contributed by atoms with van der Waals surface area (Å²) in [4.78, 5) is 2.56. The summed E-state index contributed by atoms with van der Waals surface area (Å²) in [6, 6.07) is 0.599. The van der Waals surface area contributed by atoms with Crippen LogP contribution in [0.5, 0.6) is 0 Å². The Hall–Kier alpha value is -0.120. The zero-order valence-electron chi connectivity index (χ0n) is 12.5. The van der Waals surface area contributed by atoms with Crippen molar-refractivity contribution in [3.8, 4) is 0 Å². The van der Waals surface area contributed by atoms with Gasteiger partial charge in [0.1, 0.15) is 0 Å². The first kappa shape index (κ1) is 14.9. The molecule has 1 atom stereocenters. The monoisotopic (exact) mass is 242 g/mol. The van der Waals surface area contributed by atoms with Gasteiger partial charge in [0.05, 0.1) is 5.60 Å². The molecule has 0 radical (unpaired) electrons. The largest absolute Gasteiger partial charge is 0.379 e. The van der Waals surface area contributed by atoms with E-state index in [0.717, 1.165) is 32.6 Å². The van der Waals surface area contributed by atoms with Gasteiger partial charge in [-0.1, -0.05) is 20.8 Å². The van der Waals surface area contributed by atoms with Gasteiger partial charge < -0.3 is 15.0 Å². The highest BCUT2D eigenvalue weighted by Gasteiger charge is 2.29. The van der Waals surface area contributed by atoms with Gasteiger partial charge in [-0.3, -0.25) is 0 Å². The van der Waals surface area contributed by atoms with Crippen molar-refractivity contribution >= 4 is 0 Å². The van der Waals surface area contributed by atoms with Crippen LogP contribution in [-0.2, 0) is 4.74 Å². The highest BCUT2D eigenvalue weighted by atomic mass is 16.5. The lowest BCUT2D eigenvalue weighted by molar-refractivity contribution is 0.00342. The second kappa shape index (κ2) is 5.68. The van der Waals surface area contributed by atoms with E-state index in [-0.39, 0.29) is 5.60 Å². The summed E-state index contributed by atoms with van der Waals surface area (Å²) in [7, 11) is 1.80. The van der Waals surface area contributed by atoms with E-state index in [4.69, 9.17) is 4.74 Å². The minimum absolute atomic E-state index is 0.00209. The molecule has 0 aromatic carbocycles. The topological polar surface area (TPSA) is 24.5 Å². The minimum Gasteiger partial charge on any atom is -0.379 e. The molecule has 0 amide bonds. The summed E-state index contributed by atoms with van der Waals surface area (Å²) in [6.45, 7) is 15.8. The molecule has 1 aliphatic heterocycles. The van der Waals surface area contributed by atoms with Gasteiger partial charge in [0, 0.05) is 39.3 Å². The van der Waals surface area contributed by atoms with Gasteiger partial charge >= 0.3 is 0 Å². The molecule has 0 aromatic rings. The van der Waals surface area contributed by atoms with Crippen LogP contribution >= 0.6 is 0 Å². The first-order valence-electron chi connectivity index (χ1n) is 6.75. The SMILES string of the molecule is COC(C)(C)CCN1CCNC(C(C)(C)C)C1. The highest BCUT2D eigenvalue weighted by molar-refractivity contribution is 4.87. The smallest absolute Gasteiger partial charge is 0.0634 e. The van der Waals surface area contributed by atoms with Crippen LogP contribution in [0.15, 0.2) is 0 Å². The Labute approximate surface area is 107 Å². The summed E-state index contributed by atoms with van der Waals surface area (Å²) >= 11 is 0. The molecule has 3 nitrogen and oxygen atoms in total. The molecular weight excluding hydrogens is 212 g/mol. The van der Waals surface area contributed by atoms with Crippen molar-refractivity contribution in [2.75, 3.05) is 33.3 Å². The lowest BCUT2D eigenvalue weighted by atomic mass is 9.85. The van der Waals surface area contributed by atoms with Crippen molar-refractivity contribution in [2.24, 2.45) is 5.41 Å². The number of ether oxygens (including phenoxy) is 1. The molecule has 0 spiro atoms. The molecule has 1 rings (SSSR count). The van der Waals surface area contributed by atoms with Crippen LogP contribution in [0.1, 0.15) is 41.0 Å². The lowest BCUT2D eigenvalue weighted by Gasteiger charge is -2.41. The van der Waals surface area contributed by atoms with Crippen molar-refractivity contribution in [3.63, 3.8) is 0 Å². The van der Waals surface area contributed by atoms with Gasteiger partial charge in [0.25, 0.3) is 0 Å². The van der Waals surface area contributed by atoms with Crippen LogP contribution < -0.4 is 5.32 Å². The van der Waals surface area contributed by atoms with Crippen molar-refractivity contribution < 1.29 is 4.74 Å². The van der Waals surface area contributed by atoms with E-state index < -0.39 is 0 Å². The fourth-order valence-electron chi connectivity index (χ4n) is 2.12. The van der Waals surface area contributed by atoms with Crippen LogP contribution in [0.25, 0.3) is 0 Å². The first-order valence-corrected chi connectivity index (χ1v) is 6.75. The molecule has 17 heavy (non-hydrogen) atoms. The quantitative estimate of drug-likeness (QED) is 0.817. The number of hydrogen-bond donors (Lipinski definition) is 1. The number of hydrogen-bond acceptors (Lipinski definition) is 3. The molecule has 3 heteroatoms. The van der Waals surface area contributed by atoms with Gasteiger partial charge in [-0.05, 0) is 25.7 Å². The molecule has 0 aromatic heterocycles. The predicted molar refractivity (Wildman–Crippen MR) is 73.4 cm³/mol. The summed E-state index contributed by atoms with van der Waals surface area (Å²) in [5.41, 5.74) is 0.345.